The zero-order valence-electron chi connectivity index (χ0n) is 5.74. The molecule has 1 aromatic heterocycles. The molecule has 1 fully saturated rings. The molecule has 1 saturated heterocycles. The Morgan fingerprint density at radius 1 is 1.70 bits per heavy atom. The molecule has 2 rings (SSSR count). The van der Waals surface area contributed by atoms with Crippen molar-refractivity contribution in [1.82, 2.24) is 9.97 Å². The molecule has 10 heavy (non-hydrogen) atoms. The van der Waals surface area contributed by atoms with E-state index in [2.05, 4.69) is 9.97 Å². The lowest BCUT2D eigenvalue weighted by atomic mass is 10.2. The van der Waals surface area contributed by atoms with Crippen LogP contribution in [0.5, 0.6) is 0 Å². The Labute approximate surface area is 59.1 Å². The lowest BCUT2D eigenvalue weighted by Gasteiger charge is -1.96. The summed E-state index contributed by atoms with van der Waals surface area (Å²) in [6.45, 7) is 2.80. The van der Waals surface area contributed by atoms with Crippen LogP contribution in [0.3, 0.4) is 0 Å². The number of rotatable bonds is 1. The lowest BCUT2D eigenvalue weighted by Crippen LogP contribution is -1.91. The predicted octanol–water partition coefficient (Wildman–Crippen LogP) is 0.856. The first-order valence-electron chi connectivity index (χ1n) is 3.26. The normalized spacial score (nSPS) is 22.7. The van der Waals surface area contributed by atoms with E-state index in [0.717, 1.165) is 17.9 Å². The van der Waals surface area contributed by atoms with E-state index >= 15 is 0 Å². The fourth-order valence-corrected chi connectivity index (χ4v) is 0.945. The van der Waals surface area contributed by atoms with Gasteiger partial charge >= 0.3 is 0 Å². The number of aryl methyl sites for hydroxylation is 1. The summed E-state index contributed by atoms with van der Waals surface area (Å²) in [4.78, 5) is 7.96. The first kappa shape index (κ1) is 5.80. The third-order valence-electron chi connectivity index (χ3n) is 1.63. The molecule has 52 valence electrons. The van der Waals surface area contributed by atoms with E-state index in [1.807, 2.05) is 13.1 Å². The number of hydrogen-bond acceptors (Lipinski definition) is 3. The molecule has 0 spiro atoms. The Bertz CT molecular complexity index is 245. The molecule has 3 nitrogen and oxygen atoms in total. The van der Waals surface area contributed by atoms with Crippen LogP contribution in [0.4, 0.5) is 0 Å². The first-order chi connectivity index (χ1) is 4.88. The van der Waals surface area contributed by atoms with E-state index in [0.29, 0.717) is 0 Å². The molecule has 0 radical (unpaired) electrons. The summed E-state index contributed by atoms with van der Waals surface area (Å²) in [5.41, 5.74) is 2.15. The van der Waals surface area contributed by atoms with Crippen LogP contribution in [0, 0.1) is 6.92 Å². The molecule has 1 atom stereocenters. The van der Waals surface area contributed by atoms with Gasteiger partial charge in [0.15, 0.2) is 0 Å². The summed E-state index contributed by atoms with van der Waals surface area (Å²) in [5.74, 6) is 0. The topological polar surface area (TPSA) is 38.3 Å². The SMILES string of the molecule is Cc1ncncc1[C@H]1CO1. The zero-order chi connectivity index (χ0) is 6.97. The Morgan fingerprint density at radius 3 is 3.10 bits per heavy atom. The quantitative estimate of drug-likeness (QED) is 0.537. The molecule has 0 aromatic carbocycles. The number of epoxide rings is 1. The average Bonchev–Trinajstić information content (AvgIpc) is 2.71. The monoisotopic (exact) mass is 136 g/mol. The second kappa shape index (κ2) is 2.02. The van der Waals surface area contributed by atoms with Crippen LogP contribution in [0.15, 0.2) is 12.5 Å². The summed E-state index contributed by atoms with van der Waals surface area (Å²) in [7, 11) is 0. The summed E-state index contributed by atoms with van der Waals surface area (Å²) >= 11 is 0. The van der Waals surface area contributed by atoms with Gasteiger partial charge in [-0.15, -0.1) is 0 Å². The van der Waals surface area contributed by atoms with Gasteiger partial charge in [0.1, 0.15) is 12.4 Å². The van der Waals surface area contributed by atoms with Crippen LogP contribution in [0.25, 0.3) is 0 Å². The molecule has 0 unspecified atom stereocenters. The fraction of sp³-hybridized carbons (Fsp3) is 0.429. The second-order valence-electron chi connectivity index (χ2n) is 2.39. The van der Waals surface area contributed by atoms with Crippen molar-refractivity contribution in [3.63, 3.8) is 0 Å². The number of nitrogens with zero attached hydrogens (tertiary/aromatic N) is 2. The molecule has 2 heterocycles. The van der Waals surface area contributed by atoms with E-state index in [-0.39, 0.29) is 6.10 Å². The number of hydrogen-bond donors (Lipinski definition) is 0. The van der Waals surface area contributed by atoms with Crippen LogP contribution in [-0.2, 0) is 4.74 Å². The van der Waals surface area contributed by atoms with Gasteiger partial charge < -0.3 is 4.74 Å². The predicted molar refractivity (Wildman–Crippen MR) is 35.5 cm³/mol. The zero-order valence-corrected chi connectivity index (χ0v) is 5.74. The minimum atomic E-state index is 0.279. The van der Waals surface area contributed by atoms with Crippen molar-refractivity contribution in [2.24, 2.45) is 0 Å². The second-order valence-corrected chi connectivity index (χ2v) is 2.39. The van der Waals surface area contributed by atoms with Crippen molar-refractivity contribution in [2.45, 2.75) is 13.0 Å². The van der Waals surface area contributed by atoms with Crippen LogP contribution in [-0.4, -0.2) is 16.6 Å². The maximum atomic E-state index is 5.10. The summed E-state index contributed by atoms with van der Waals surface area (Å²) < 4.78 is 5.10. The van der Waals surface area contributed by atoms with Crippen molar-refractivity contribution in [2.75, 3.05) is 6.61 Å². The lowest BCUT2D eigenvalue weighted by molar-refractivity contribution is 0.414. The molecule has 1 aromatic rings. The summed E-state index contributed by atoms with van der Waals surface area (Å²) in [6.07, 6.45) is 3.66. The van der Waals surface area contributed by atoms with Gasteiger partial charge in [-0.25, -0.2) is 9.97 Å². The number of ether oxygens (including phenoxy) is 1. The van der Waals surface area contributed by atoms with Gasteiger partial charge in [0.05, 0.1) is 6.61 Å². The first-order valence-corrected chi connectivity index (χ1v) is 3.26. The highest BCUT2D eigenvalue weighted by Gasteiger charge is 2.26. The minimum Gasteiger partial charge on any atom is -0.368 e. The maximum Gasteiger partial charge on any atom is 0.115 e. The average molecular weight is 136 g/mol. The molecular formula is C7H8N2O. The molecule has 3 heteroatoms. The van der Waals surface area contributed by atoms with E-state index in [9.17, 15) is 0 Å². The van der Waals surface area contributed by atoms with E-state index < -0.39 is 0 Å². The molecule has 0 aliphatic carbocycles. The summed E-state index contributed by atoms with van der Waals surface area (Å²) in [6, 6.07) is 0. The van der Waals surface area contributed by atoms with E-state index in [4.69, 9.17) is 4.74 Å². The highest BCUT2D eigenvalue weighted by Crippen LogP contribution is 2.30. The third kappa shape index (κ3) is 0.885. The highest BCUT2D eigenvalue weighted by molar-refractivity contribution is 5.20. The largest absolute Gasteiger partial charge is 0.368 e. The molecule has 0 bridgehead atoms. The molecule has 0 N–H and O–H groups in total. The standard InChI is InChI=1S/C7H8N2O/c1-5-6(7-3-10-7)2-8-4-9-5/h2,4,7H,3H2,1H3/t7-/m1/s1. The van der Waals surface area contributed by atoms with Gasteiger partial charge in [0.25, 0.3) is 0 Å². The molecule has 0 saturated carbocycles. The Kier molecular flexibility index (Phi) is 1.17. The Morgan fingerprint density at radius 2 is 2.50 bits per heavy atom. The molecule has 1 aliphatic rings. The molecule has 1 aliphatic heterocycles. The van der Waals surface area contributed by atoms with Gasteiger partial charge in [-0.2, -0.15) is 0 Å². The van der Waals surface area contributed by atoms with Gasteiger partial charge in [0.2, 0.25) is 0 Å². The molecular weight excluding hydrogens is 128 g/mol. The van der Waals surface area contributed by atoms with Crippen LogP contribution >= 0.6 is 0 Å². The van der Waals surface area contributed by atoms with Crippen molar-refractivity contribution in [1.29, 1.82) is 0 Å². The van der Waals surface area contributed by atoms with E-state index in [1.54, 1.807) is 6.33 Å². The summed E-state index contributed by atoms with van der Waals surface area (Å²) in [5, 5.41) is 0. The van der Waals surface area contributed by atoms with Gasteiger partial charge in [-0.1, -0.05) is 0 Å². The Balaban J connectivity index is 2.39. The van der Waals surface area contributed by atoms with Crippen LogP contribution in [0.2, 0.25) is 0 Å². The third-order valence-corrected chi connectivity index (χ3v) is 1.63. The van der Waals surface area contributed by atoms with Crippen molar-refractivity contribution < 1.29 is 4.74 Å². The van der Waals surface area contributed by atoms with Crippen LogP contribution < -0.4 is 0 Å². The van der Waals surface area contributed by atoms with Gasteiger partial charge in [-0.05, 0) is 6.92 Å². The fourth-order valence-electron chi connectivity index (χ4n) is 0.945. The van der Waals surface area contributed by atoms with Crippen molar-refractivity contribution >= 4 is 0 Å². The van der Waals surface area contributed by atoms with Gasteiger partial charge in [0, 0.05) is 17.5 Å². The van der Waals surface area contributed by atoms with Crippen molar-refractivity contribution in [3.8, 4) is 0 Å². The maximum absolute atomic E-state index is 5.10. The molecule has 0 amide bonds. The smallest absolute Gasteiger partial charge is 0.115 e. The highest BCUT2D eigenvalue weighted by atomic mass is 16.6. The minimum absolute atomic E-state index is 0.279. The van der Waals surface area contributed by atoms with Gasteiger partial charge in [-0.3, -0.25) is 0 Å². The Hall–Kier alpha value is -0.960. The number of aromatic nitrogens is 2. The van der Waals surface area contributed by atoms with Crippen molar-refractivity contribution in [3.05, 3.63) is 23.8 Å². The van der Waals surface area contributed by atoms with Crippen LogP contribution in [0.1, 0.15) is 17.4 Å². The van der Waals surface area contributed by atoms with E-state index in [1.165, 1.54) is 0 Å².